The van der Waals surface area contributed by atoms with Crippen LogP contribution < -0.4 is 10.2 Å². The number of likely N-dealkylation sites (N-methyl/N-ethyl adjacent to an activating group) is 1. The molecule has 0 saturated heterocycles. The summed E-state index contributed by atoms with van der Waals surface area (Å²) < 4.78 is 23.4. The van der Waals surface area contributed by atoms with E-state index in [0.29, 0.717) is 23.9 Å². The lowest BCUT2D eigenvalue weighted by Gasteiger charge is -2.30. The van der Waals surface area contributed by atoms with Crippen molar-refractivity contribution in [1.29, 1.82) is 0 Å². The number of unbranched alkanes of at least 4 members (excludes halogenated alkanes) is 27. The lowest BCUT2D eigenvalue weighted by Crippen LogP contribution is -2.46. The normalized spacial score (nSPS) is 14.5. The van der Waals surface area contributed by atoms with Crippen molar-refractivity contribution < 1.29 is 32.9 Å². The van der Waals surface area contributed by atoms with Gasteiger partial charge in [0.2, 0.25) is 5.91 Å². The molecule has 1 amide bonds. The molecule has 2 N–H and O–H groups in total. The van der Waals surface area contributed by atoms with Crippen LogP contribution >= 0.6 is 7.82 Å². The zero-order chi connectivity index (χ0) is 52.7. The number of allylic oxidation sites excluding steroid dienone is 14. The van der Waals surface area contributed by atoms with Crippen LogP contribution in [0.4, 0.5) is 0 Å². The summed E-state index contributed by atoms with van der Waals surface area (Å²) in [4.78, 5) is 25.6. The third kappa shape index (κ3) is 55.4. The number of phosphoric ester groups is 1. The highest BCUT2D eigenvalue weighted by molar-refractivity contribution is 7.45. The van der Waals surface area contributed by atoms with E-state index in [1.165, 1.54) is 135 Å². The number of hydrogen-bond donors (Lipinski definition) is 2. The molecule has 0 fully saturated rings. The van der Waals surface area contributed by atoms with Crippen molar-refractivity contribution in [2.45, 2.75) is 270 Å². The molecular formula is C63H115N2O6P. The van der Waals surface area contributed by atoms with Gasteiger partial charge in [-0.3, -0.25) is 9.36 Å². The number of carbonyl (C=O) groups excluding carboxylic acids is 1. The van der Waals surface area contributed by atoms with Crippen LogP contribution in [0.25, 0.3) is 0 Å². The molecule has 0 aromatic carbocycles. The highest BCUT2D eigenvalue weighted by atomic mass is 31.2. The van der Waals surface area contributed by atoms with Crippen molar-refractivity contribution in [3.63, 3.8) is 0 Å². The highest BCUT2D eigenvalue weighted by Gasteiger charge is 2.24. The molecule has 0 aliphatic heterocycles. The number of nitrogens with zero attached hydrogens (tertiary/aromatic N) is 1. The number of amides is 1. The van der Waals surface area contributed by atoms with E-state index in [1.807, 2.05) is 21.1 Å². The predicted octanol–water partition coefficient (Wildman–Crippen LogP) is 17.8. The number of phosphoric acid groups is 1. The monoisotopic (exact) mass is 1030 g/mol. The van der Waals surface area contributed by atoms with Crippen molar-refractivity contribution in [3.8, 4) is 0 Å². The Morgan fingerprint density at radius 2 is 0.847 bits per heavy atom. The molecule has 0 aromatic rings. The Kier molecular flexibility index (Phi) is 51.8. The molecule has 418 valence electrons. The average molecular weight is 1030 g/mol. The standard InChI is InChI=1S/C63H115N2O6P/c1-6-8-10-12-14-16-18-20-22-24-26-28-29-30-31-32-33-34-35-37-39-41-43-45-47-49-51-53-55-57-63(67)64-61(60-71-72(68,69)70-59-58-65(3,4)5)62(66)56-54-52-50-48-46-44-42-40-38-36-27-25-23-21-19-17-15-13-11-9-7-2/h8,10,14,16,20,22,26,28,30-31,33-34,37,39,61-62,66H,6-7,9,11-13,15,17-19,21,23-25,27,29,32,35-36,38,40-60H2,1-5H3,(H-,64,67,68,69)/b10-8-,16-14-,22-20-,28-26-,31-30-,34-33-,39-37-. The van der Waals surface area contributed by atoms with Crippen molar-refractivity contribution in [2.24, 2.45) is 0 Å². The summed E-state index contributed by atoms with van der Waals surface area (Å²) in [7, 11) is 1.29. The topological polar surface area (TPSA) is 108 Å². The van der Waals surface area contributed by atoms with E-state index in [4.69, 9.17) is 9.05 Å². The fourth-order valence-electron chi connectivity index (χ4n) is 8.49. The van der Waals surface area contributed by atoms with Gasteiger partial charge >= 0.3 is 0 Å². The Morgan fingerprint density at radius 3 is 1.24 bits per heavy atom. The van der Waals surface area contributed by atoms with Gasteiger partial charge < -0.3 is 28.8 Å². The number of nitrogens with one attached hydrogen (secondary N) is 1. The number of aliphatic hydroxyl groups excluding tert-OH is 1. The third-order valence-corrected chi connectivity index (χ3v) is 14.1. The molecule has 0 radical (unpaired) electrons. The Hall–Kier alpha value is -2.32. The van der Waals surface area contributed by atoms with Gasteiger partial charge in [-0.1, -0.05) is 266 Å². The summed E-state index contributed by atoms with van der Waals surface area (Å²) in [5.41, 5.74) is 0. The van der Waals surface area contributed by atoms with Crippen LogP contribution in [0.5, 0.6) is 0 Å². The van der Waals surface area contributed by atoms with E-state index in [0.717, 1.165) is 96.3 Å². The lowest BCUT2D eigenvalue weighted by atomic mass is 10.0. The summed E-state index contributed by atoms with van der Waals surface area (Å²) >= 11 is 0. The first-order chi connectivity index (χ1) is 35.0. The minimum absolute atomic E-state index is 0.00603. The first-order valence-corrected chi connectivity index (χ1v) is 31.4. The van der Waals surface area contributed by atoms with Gasteiger partial charge in [-0.2, -0.15) is 0 Å². The van der Waals surface area contributed by atoms with Gasteiger partial charge in [-0.05, 0) is 70.6 Å². The Balaban J connectivity index is 4.21. The quantitative estimate of drug-likeness (QED) is 0.0272. The summed E-state index contributed by atoms with van der Waals surface area (Å²) in [6.07, 6.45) is 74.7. The Morgan fingerprint density at radius 1 is 0.500 bits per heavy atom. The molecule has 0 aromatic heterocycles. The van der Waals surface area contributed by atoms with Crippen LogP contribution in [0.1, 0.15) is 258 Å². The maximum absolute atomic E-state index is 13.0. The lowest BCUT2D eigenvalue weighted by molar-refractivity contribution is -0.870. The molecule has 9 heteroatoms. The fraction of sp³-hybridized carbons (Fsp3) is 0.762. The van der Waals surface area contributed by atoms with Crippen molar-refractivity contribution in [3.05, 3.63) is 85.1 Å². The minimum atomic E-state index is -4.58. The van der Waals surface area contributed by atoms with E-state index >= 15 is 0 Å². The van der Waals surface area contributed by atoms with Crippen LogP contribution in [-0.4, -0.2) is 68.5 Å². The number of carbonyl (C=O) groups is 1. The van der Waals surface area contributed by atoms with Gasteiger partial charge in [0.15, 0.2) is 0 Å². The largest absolute Gasteiger partial charge is 0.756 e. The van der Waals surface area contributed by atoms with Gasteiger partial charge in [-0.15, -0.1) is 0 Å². The molecular weight excluding hydrogens is 912 g/mol. The molecule has 0 bridgehead atoms. The molecule has 72 heavy (non-hydrogen) atoms. The SMILES string of the molecule is CC/C=C\C/C=C\C/C=C\C/C=C\C/C=C\C/C=C\C/C=C\CCCCCCCCCC(=O)NC(COP(=O)([O-])OCC[N+](C)(C)C)C(O)CCCCCCCCCCCCCCCCCCCCCCC. The highest BCUT2D eigenvalue weighted by Crippen LogP contribution is 2.38. The Labute approximate surface area is 446 Å². The molecule has 0 aliphatic carbocycles. The maximum Gasteiger partial charge on any atom is 0.268 e. The summed E-state index contributed by atoms with van der Waals surface area (Å²) in [6, 6.07) is -0.813. The second kappa shape index (κ2) is 53.5. The number of hydrogen-bond acceptors (Lipinski definition) is 6. The van der Waals surface area contributed by atoms with Crippen LogP contribution in [0, 0.1) is 0 Å². The van der Waals surface area contributed by atoms with Gasteiger partial charge in [0.25, 0.3) is 7.82 Å². The maximum atomic E-state index is 13.0. The zero-order valence-electron chi connectivity index (χ0n) is 47.6. The van der Waals surface area contributed by atoms with Gasteiger partial charge in [-0.25, -0.2) is 0 Å². The zero-order valence-corrected chi connectivity index (χ0v) is 48.5. The van der Waals surface area contributed by atoms with Crippen LogP contribution in [0.15, 0.2) is 85.1 Å². The van der Waals surface area contributed by atoms with Crippen molar-refractivity contribution in [1.82, 2.24) is 5.32 Å². The van der Waals surface area contributed by atoms with E-state index in [9.17, 15) is 19.4 Å². The third-order valence-electron chi connectivity index (χ3n) is 13.1. The Bertz CT molecular complexity index is 1450. The molecule has 8 nitrogen and oxygen atoms in total. The van der Waals surface area contributed by atoms with Crippen LogP contribution in [0.3, 0.4) is 0 Å². The van der Waals surface area contributed by atoms with E-state index in [2.05, 4.69) is 104 Å². The fourth-order valence-corrected chi connectivity index (χ4v) is 9.22. The molecule has 0 heterocycles. The molecule has 0 rings (SSSR count). The number of rotatable bonds is 54. The van der Waals surface area contributed by atoms with Gasteiger partial charge in [0.05, 0.1) is 39.9 Å². The average Bonchev–Trinajstić information content (AvgIpc) is 3.34. The summed E-state index contributed by atoms with van der Waals surface area (Å²) in [5, 5.41) is 14.0. The summed E-state index contributed by atoms with van der Waals surface area (Å²) in [5.74, 6) is -0.177. The van der Waals surface area contributed by atoms with Crippen LogP contribution in [-0.2, 0) is 18.4 Å². The molecule has 3 atom stereocenters. The first kappa shape index (κ1) is 69.7. The number of quaternary nitrogens is 1. The summed E-state index contributed by atoms with van der Waals surface area (Å²) in [6.45, 7) is 4.61. The number of aliphatic hydroxyl groups is 1. The van der Waals surface area contributed by atoms with Gasteiger partial charge in [0.1, 0.15) is 13.2 Å². The van der Waals surface area contributed by atoms with Crippen LogP contribution in [0.2, 0.25) is 0 Å². The second-order valence-electron chi connectivity index (χ2n) is 21.3. The first-order valence-electron chi connectivity index (χ1n) is 29.9. The second-order valence-corrected chi connectivity index (χ2v) is 22.7. The molecule has 3 unspecified atom stereocenters. The van der Waals surface area contributed by atoms with Gasteiger partial charge in [0, 0.05) is 6.42 Å². The minimum Gasteiger partial charge on any atom is -0.756 e. The van der Waals surface area contributed by atoms with E-state index in [1.54, 1.807) is 0 Å². The smallest absolute Gasteiger partial charge is 0.268 e. The molecule has 0 aliphatic rings. The van der Waals surface area contributed by atoms with E-state index < -0.39 is 20.0 Å². The van der Waals surface area contributed by atoms with Crippen molar-refractivity contribution in [2.75, 3.05) is 40.9 Å². The predicted molar refractivity (Wildman–Crippen MR) is 311 cm³/mol. The van der Waals surface area contributed by atoms with Crippen molar-refractivity contribution >= 4 is 13.7 Å². The van der Waals surface area contributed by atoms with E-state index in [-0.39, 0.29) is 19.1 Å². The molecule has 0 spiro atoms. The molecule has 0 saturated carbocycles.